The summed E-state index contributed by atoms with van der Waals surface area (Å²) in [6, 6.07) is 11.0. The molecule has 3 heterocycles. The van der Waals surface area contributed by atoms with E-state index in [0.29, 0.717) is 5.82 Å². The van der Waals surface area contributed by atoms with Gasteiger partial charge in [-0.25, -0.2) is 4.98 Å². The van der Waals surface area contributed by atoms with Crippen LogP contribution in [-0.4, -0.2) is 36.1 Å². The van der Waals surface area contributed by atoms with E-state index >= 15 is 0 Å². The maximum atomic E-state index is 12.7. The van der Waals surface area contributed by atoms with Gasteiger partial charge in [0.25, 0.3) is 0 Å². The lowest BCUT2D eigenvalue weighted by atomic mass is 10.1. The summed E-state index contributed by atoms with van der Waals surface area (Å²) in [4.78, 5) is 9.85. The number of benzene rings is 1. The lowest BCUT2D eigenvalue weighted by Gasteiger charge is -2.35. The molecule has 3 nitrogen and oxygen atoms in total. The minimum Gasteiger partial charge on any atom is -0.354 e. The first kappa shape index (κ1) is 18.3. The van der Waals surface area contributed by atoms with Gasteiger partial charge in [-0.05, 0) is 36.1 Å². The fourth-order valence-electron chi connectivity index (χ4n) is 3.45. The number of alkyl halides is 3. The summed E-state index contributed by atoms with van der Waals surface area (Å²) in [6.07, 6.45) is -3.42. The van der Waals surface area contributed by atoms with Crippen molar-refractivity contribution in [3.05, 3.63) is 58.6 Å². The number of thiophene rings is 1. The van der Waals surface area contributed by atoms with Gasteiger partial charge in [0.05, 0.1) is 5.56 Å². The Morgan fingerprint density at radius 2 is 1.78 bits per heavy atom. The summed E-state index contributed by atoms with van der Waals surface area (Å²) in [5.41, 5.74) is 0.646. The van der Waals surface area contributed by atoms with Crippen LogP contribution in [0.4, 0.5) is 19.0 Å². The number of fused-ring (bicyclic) bond motifs is 1. The maximum Gasteiger partial charge on any atom is 0.417 e. The molecule has 0 bridgehead atoms. The number of halogens is 3. The molecule has 142 valence electrons. The number of nitrogens with zero attached hydrogens (tertiary/aromatic N) is 3. The predicted molar refractivity (Wildman–Crippen MR) is 103 cm³/mol. The van der Waals surface area contributed by atoms with Crippen LogP contribution < -0.4 is 4.90 Å². The van der Waals surface area contributed by atoms with Crippen molar-refractivity contribution < 1.29 is 13.2 Å². The monoisotopic (exact) mass is 391 g/mol. The van der Waals surface area contributed by atoms with Crippen LogP contribution in [0.1, 0.15) is 16.0 Å². The minimum absolute atomic E-state index is 0.612. The van der Waals surface area contributed by atoms with Gasteiger partial charge in [-0.1, -0.05) is 18.2 Å². The largest absolute Gasteiger partial charge is 0.417 e. The number of aromatic nitrogens is 1. The van der Waals surface area contributed by atoms with Crippen molar-refractivity contribution in [3.63, 3.8) is 0 Å². The van der Waals surface area contributed by atoms with Crippen molar-refractivity contribution in [3.8, 4) is 0 Å². The molecule has 0 aliphatic carbocycles. The Balaban J connectivity index is 1.39. The zero-order valence-electron chi connectivity index (χ0n) is 15.0. The molecule has 1 aliphatic rings. The Morgan fingerprint density at radius 3 is 2.41 bits per heavy atom. The third-order valence-electron chi connectivity index (χ3n) is 5.08. The van der Waals surface area contributed by atoms with Gasteiger partial charge in [-0.15, -0.1) is 11.3 Å². The standard InChI is InChI=1S/C20H20F3N3S/c1-14-16-4-2-3-5-17(16)27-18(14)13-25-8-10-26(11-9-25)19-7-6-15(12-24-19)20(21,22)23/h2-7,12H,8-11,13H2,1H3. The molecule has 1 fully saturated rings. The van der Waals surface area contributed by atoms with Crippen molar-refractivity contribution in [1.82, 2.24) is 9.88 Å². The fraction of sp³-hybridized carbons (Fsp3) is 0.350. The molecular formula is C20H20F3N3S. The Morgan fingerprint density at radius 1 is 1.04 bits per heavy atom. The van der Waals surface area contributed by atoms with Gasteiger partial charge in [0, 0.05) is 48.5 Å². The highest BCUT2D eigenvalue weighted by Crippen LogP contribution is 2.32. The predicted octanol–water partition coefficient (Wildman–Crippen LogP) is 4.95. The first-order valence-corrected chi connectivity index (χ1v) is 9.71. The Labute approximate surface area is 160 Å². The first-order chi connectivity index (χ1) is 12.9. The Bertz CT molecular complexity index is 926. The van der Waals surface area contributed by atoms with Crippen LogP contribution in [0.25, 0.3) is 10.1 Å². The number of pyridine rings is 1. The fourth-order valence-corrected chi connectivity index (χ4v) is 4.71. The van der Waals surface area contributed by atoms with Gasteiger partial charge in [0.2, 0.25) is 0 Å². The van der Waals surface area contributed by atoms with Crippen molar-refractivity contribution in [1.29, 1.82) is 0 Å². The van der Waals surface area contributed by atoms with Crippen molar-refractivity contribution in [2.75, 3.05) is 31.1 Å². The summed E-state index contributed by atoms with van der Waals surface area (Å²) in [5, 5.41) is 1.32. The normalized spacial score (nSPS) is 16.2. The Hall–Kier alpha value is -2.12. The average molecular weight is 391 g/mol. The number of rotatable bonds is 3. The van der Waals surface area contributed by atoms with Gasteiger partial charge in [-0.3, -0.25) is 4.90 Å². The molecular weight excluding hydrogens is 371 g/mol. The average Bonchev–Trinajstić information content (AvgIpc) is 2.98. The van der Waals surface area contributed by atoms with Gasteiger partial charge in [0.15, 0.2) is 0 Å². The van der Waals surface area contributed by atoms with Gasteiger partial charge < -0.3 is 4.90 Å². The third kappa shape index (κ3) is 3.80. The number of hydrogen-bond acceptors (Lipinski definition) is 4. The number of anilines is 1. The Kier molecular flexibility index (Phi) is 4.82. The molecule has 3 aromatic rings. The molecule has 0 saturated carbocycles. The highest BCUT2D eigenvalue weighted by atomic mass is 32.1. The topological polar surface area (TPSA) is 19.4 Å². The van der Waals surface area contributed by atoms with Gasteiger partial charge in [0.1, 0.15) is 5.82 Å². The van der Waals surface area contributed by atoms with E-state index in [0.717, 1.165) is 45.0 Å². The molecule has 0 unspecified atom stereocenters. The van der Waals surface area contributed by atoms with Crippen LogP contribution in [0.5, 0.6) is 0 Å². The highest BCUT2D eigenvalue weighted by molar-refractivity contribution is 7.19. The number of hydrogen-bond donors (Lipinski definition) is 0. The van der Waals surface area contributed by atoms with E-state index in [4.69, 9.17) is 0 Å². The zero-order valence-corrected chi connectivity index (χ0v) is 15.8. The smallest absolute Gasteiger partial charge is 0.354 e. The van der Waals surface area contributed by atoms with Crippen molar-refractivity contribution in [2.45, 2.75) is 19.6 Å². The van der Waals surface area contributed by atoms with Crippen molar-refractivity contribution in [2.24, 2.45) is 0 Å². The first-order valence-electron chi connectivity index (χ1n) is 8.89. The molecule has 2 aromatic heterocycles. The molecule has 1 aromatic carbocycles. The minimum atomic E-state index is -4.34. The van der Waals surface area contributed by atoms with E-state index in [9.17, 15) is 13.2 Å². The molecule has 4 rings (SSSR count). The molecule has 0 N–H and O–H groups in total. The van der Waals surface area contributed by atoms with E-state index < -0.39 is 11.7 Å². The van der Waals surface area contributed by atoms with Crippen LogP contribution in [0.3, 0.4) is 0 Å². The van der Waals surface area contributed by atoms with Crippen LogP contribution in [-0.2, 0) is 12.7 Å². The number of piperazine rings is 1. The number of aryl methyl sites for hydroxylation is 1. The lowest BCUT2D eigenvalue weighted by Crippen LogP contribution is -2.46. The summed E-state index contributed by atoms with van der Waals surface area (Å²) >= 11 is 1.84. The summed E-state index contributed by atoms with van der Waals surface area (Å²) in [6.45, 7) is 6.37. The summed E-state index contributed by atoms with van der Waals surface area (Å²) in [5.74, 6) is 0.612. The molecule has 1 saturated heterocycles. The van der Waals surface area contributed by atoms with E-state index in [1.165, 1.54) is 26.6 Å². The molecule has 7 heteroatoms. The summed E-state index contributed by atoms with van der Waals surface area (Å²) < 4.78 is 39.3. The van der Waals surface area contributed by atoms with Crippen molar-refractivity contribution >= 4 is 27.2 Å². The highest BCUT2D eigenvalue weighted by Gasteiger charge is 2.31. The molecule has 0 radical (unpaired) electrons. The second kappa shape index (κ2) is 7.13. The second-order valence-electron chi connectivity index (χ2n) is 6.81. The van der Waals surface area contributed by atoms with Gasteiger partial charge >= 0.3 is 6.18 Å². The van der Waals surface area contributed by atoms with E-state index in [2.05, 4.69) is 46.0 Å². The third-order valence-corrected chi connectivity index (χ3v) is 6.34. The van der Waals surface area contributed by atoms with Gasteiger partial charge in [-0.2, -0.15) is 13.2 Å². The van der Waals surface area contributed by atoms with Crippen LogP contribution >= 0.6 is 11.3 Å². The molecule has 0 atom stereocenters. The van der Waals surface area contributed by atoms with E-state index in [1.807, 2.05) is 11.3 Å². The van der Waals surface area contributed by atoms with Crippen LogP contribution in [0.2, 0.25) is 0 Å². The molecule has 0 spiro atoms. The van der Waals surface area contributed by atoms with Crippen LogP contribution in [0.15, 0.2) is 42.6 Å². The summed E-state index contributed by atoms with van der Waals surface area (Å²) in [7, 11) is 0. The molecule has 1 aliphatic heterocycles. The zero-order chi connectivity index (χ0) is 19.0. The van der Waals surface area contributed by atoms with Crippen LogP contribution in [0, 0.1) is 6.92 Å². The maximum absolute atomic E-state index is 12.7. The molecule has 0 amide bonds. The second-order valence-corrected chi connectivity index (χ2v) is 7.95. The van der Waals surface area contributed by atoms with E-state index in [1.54, 1.807) is 0 Å². The molecule has 27 heavy (non-hydrogen) atoms. The lowest BCUT2D eigenvalue weighted by molar-refractivity contribution is -0.137. The van der Waals surface area contributed by atoms with E-state index in [-0.39, 0.29) is 0 Å². The SMILES string of the molecule is Cc1c(CN2CCN(c3ccc(C(F)(F)F)cn3)CC2)sc2ccccc12. The quantitative estimate of drug-likeness (QED) is 0.630.